The maximum atomic E-state index is 14.4. The minimum absolute atomic E-state index is 0.0616. The molecule has 39 heavy (non-hydrogen) atoms. The number of fused-ring (bicyclic) bond motifs is 1. The summed E-state index contributed by atoms with van der Waals surface area (Å²) in [6.45, 7) is 1.10. The number of benzene rings is 1. The summed E-state index contributed by atoms with van der Waals surface area (Å²) in [4.78, 5) is 15.7. The summed E-state index contributed by atoms with van der Waals surface area (Å²) in [5.74, 6) is 0.637. The van der Waals surface area contributed by atoms with Gasteiger partial charge in [0.25, 0.3) is 0 Å². The van der Waals surface area contributed by atoms with Crippen LogP contribution in [0.5, 0.6) is 11.6 Å². The number of azide groups is 1. The van der Waals surface area contributed by atoms with Crippen molar-refractivity contribution in [3.63, 3.8) is 0 Å². The van der Waals surface area contributed by atoms with Crippen molar-refractivity contribution in [2.75, 3.05) is 25.6 Å². The van der Waals surface area contributed by atoms with Gasteiger partial charge in [-0.25, -0.2) is 9.55 Å². The van der Waals surface area contributed by atoms with Gasteiger partial charge in [-0.05, 0) is 43.3 Å². The standard InChI is InChI=1S/C24H31N8O6P/c1-24(30-31-26)19(38-39(34,13-15-8-6-7-9-15)37-16-10-4-3-5-11-16)17(12-33)36-22(24)32-14-27-18-20(32)28-23(25)29-21(18)35-2/h3-5,10-11,14-15,17,19,22,33H,6-9,12-13H2,1-2H3,(H2,25,28,29)/t17-,19-,22-,24-,39?/m1/s1. The molecule has 0 amide bonds. The zero-order valence-corrected chi connectivity index (χ0v) is 22.6. The van der Waals surface area contributed by atoms with E-state index in [-0.39, 0.29) is 29.6 Å². The normalized spacial score (nSPS) is 26.8. The molecular formula is C24H31N8O6P. The molecule has 1 aliphatic heterocycles. The minimum Gasteiger partial charge on any atom is -0.479 e. The SMILES string of the molecule is COc1nc(N)nc2c1ncn2[C@@H]1O[C@H](CO)[C@@H](OP(=O)(CC2CCCC2)Oc2ccccc2)[C@@]1(C)N=[N+]=[N-]. The lowest BCUT2D eigenvalue weighted by atomic mass is 9.93. The predicted octanol–water partition coefficient (Wildman–Crippen LogP) is 4.22. The van der Waals surface area contributed by atoms with Gasteiger partial charge in [0.15, 0.2) is 17.4 Å². The van der Waals surface area contributed by atoms with E-state index in [0.29, 0.717) is 11.3 Å². The van der Waals surface area contributed by atoms with Crippen LogP contribution in [0, 0.1) is 5.92 Å². The molecule has 208 valence electrons. The van der Waals surface area contributed by atoms with Crippen molar-refractivity contribution in [2.24, 2.45) is 11.0 Å². The number of rotatable bonds is 10. The zero-order valence-electron chi connectivity index (χ0n) is 21.7. The topological polar surface area (TPSA) is 193 Å². The van der Waals surface area contributed by atoms with Crippen LogP contribution >= 0.6 is 7.60 Å². The molecule has 1 saturated heterocycles. The van der Waals surface area contributed by atoms with E-state index < -0.39 is 38.2 Å². The lowest BCUT2D eigenvalue weighted by molar-refractivity contribution is -0.0435. The van der Waals surface area contributed by atoms with Crippen LogP contribution in [0.2, 0.25) is 0 Å². The summed E-state index contributed by atoms with van der Waals surface area (Å²) >= 11 is 0. The molecule has 2 aromatic heterocycles. The molecule has 0 radical (unpaired) electrons. The Kier molecular flexibility index (Phi) is 7.66. The van der Waals surface area contributed by atoms with Gasteiger partial charge in [0.2, 0.25) is 11.8 Å². The maximum absolute atomic E-state index is 14.4. The van der Waals surface area contributed by atoms with Crippen molar-refractivity contribution in [1.82, 2.24) is 19.5 Å². The van der Waals surface area contributed by atoms with E-state index in [1.165, 1.54) is 18.0 Å². The molecule has 0 spiro atoms. The Balaban J connectivity index is 1.55. The van der Waals surface area contributed by atoms with Gasteiger partial charge in [0.05, 0.1) is 26.2 Å². The lowest BCUT2D eigenvalue weighted by Gasteiger charge is -2.33. The number of nitrogen functional groups attached to an aromatic ring is 1. The van der Waals surface area contributed by atoms with Crippen molar-refractivity contribution < 1.29 is 28.2 Å². The second-order valence-corrected chi connectivity index (χ2v) is 11.9. The molecule has 2 fully saturated rings. The Morgan fingerprint density at radius 1 is 1.31 bits per heavy atom. The third kappa shape index (κ3) is 5.26. The highest BCUT2D eigenvalue weighted by molar-refractivity contribution is 7.54. The molecule has 5 atom stereocenters. The van der Waals surface area contributed by atoms with Gasteiger partial charge in [-0.15, -0.1) is 0 Å². The number of methoxy groups -OCH3 is 1. The summed E-state index contributed by atoms with van der Waals surface area (Å²) < 4.78 is 39.7. The Morgan fingerprint density at radius 2 is 2.05 bits per heavy atom. The first-order chi connectivity index (χ1) is 18.8. The molecule has 1 aliphatic carbocycles. The number of hydrogen-bond donors (Lipinski definition) is 2. The van der Waals surface area contributed by atoms with Crippen molar-refractivity contribution >= 4 is 24.7 Å². The number of aliphatic hydroxyl groups is 1. The Hall–Kier alpha value is -3.41. The van der Waals surface area contributed by atoms with Crippen molar-refractivity contribution in [2.45, 2.75) is 56.6 Å². The first-order valence-corrected chi connectivity index (χ1v) is 14.4. The Morgan fingerprint density at radius 3 is 2.72 bits per heavy atom. The number of anilines is 1. The van der Waals surface area contributed by atoms with E-state index in [9.17, 15) is 15.2 Å². The van der Waals surface area contributed by atoms with Gasteiger partial charge < -0.3 is 24.8 Å². The molecule has 15 heteroatoms. The van der Waals surface area contributed by atoms with Gasteiger partial charge in [0, 0.05) is 4.91 Å². The zero-order chi connectivity index (χ0) is 27.6. The largest absolute Gasteiger partial charge is 0.479 e. The third-order valence-corrected chi connectivity index (χ3v) is 9.23. The summed E-state index contributed by atoms with van der Waals surface area (Å²) in [6, 6.07) is 8.77. The van der Waals surface area contributed by atoms with Crippen LogP contribution < -0.4 is 15.0 Å². The van der Waals surface area contributed by atoms with Gasteiger partial charge in [-0.3, -0.25) is 9.09 Å². The van der Waals surface area contributed by atoms with Crippen LogP contribution in [-0.2, 0) is 13.8 Å². The van der Waals surface area contributed by atoms with E-state index >= 15 is 0 Å². The van der Waals surface area contributed by atoms with E-state index in [1.54, 1.807) is 31.2 Å². The third-order valence-electron chi connectivity index (χ3n) is 7.23. The van der Waals surface area contributed by atoms with Gasteiger partial charge in [-0.2, -0.15) is 9.97 Å². The molecule has 3 N–H and O–H groups in total. The monoisotopic (exact) mass is 558 g/mol. The summed E-state index contributed by atoms with van der Waals surface area (Å²) in [5.41, 5.74) is 14.5. The Labute approximate surface area is 224 Å². The number of nitrogens with two attached hydrogens (primary N) is 1. The number of aromatic nitrogens is 4. The second-order valence-electron chi connectivity index (χ2n) is 9.91. The molecule has 3 aromatic rings. The predicted molar refractivity (Wildman–Crippen MR) is 141 cm³/mol. The fourth-order valence-corrected chi connectivity index (χ4v) is 7.74. The first-order valence-electron chi connectivity index (χ1n) is 12.7. The summed E-state index contributed by atoms with van der Waals surface area (Å²) in [5, 5.41) is 14.4. The quantitative estimate of drug-likeness (QED) is 0.157. The van der Waals surface area contributed by atoms with Crippen LogP contribution in [0.15, 0.2) is 41.8 Å². The van der Waals surface area contributed by atoms with E-state index in [2.05, 4.69) is 25.0 Å². The van der Waals surface area contributed by atoms with Crippen molar-refractivity contribution in [3.05, 3.63) is 47.1 Å². The maximum Gasteiger partial charge on any atom is 0.379 e. The van der Waals surface area contributed by atoms with E-state index in [0.717, 1.165) is 25.7 Å². The highest BCUT2D eigenvalue weighted by atomic mass is 31.2. The van der Waals surface area contributed by atoms with Crippen LogP contribution in [-0.4, -0.2) is 62.3 Å². The number of ether oxygens (including phenoxy) is 2. The fraction of sp³-hybridized carbons (Fsp3) is 0.542. The molecule has 1 unspecified atom stereocenters. The smallest absolute Gasteiger partial charge is 0.379 e. The molecular weight excluding hydrogens is 527 g/mol. The Bertz CT molecular complexity index is 1410. The average Bonchev–Trinajstić information content (AvgIpc) is 3.63. The molecule has 5 rings (SSSR count). The van der Waals surface area contributed by atoms with Crippen LogP contribution in [0.4, 0.5) is 5.95 Å². The minimum atomic E-state index is -3.83. The first kappa shape index (κ1) is 27.2. The number of nitrogens with zero attached hydrogens (tertiary/aromatic N) is 7. The molecule has 2 aliphatic rings. The molecule has 0 bridgehead atoms. The second kappa shape index (κ2) is 11.0. The van der Waals surface area contributed by atoms with Crippen molar-refractivity contribution in [1.29, 1.82) is 0 Å². The van der Waals surface area contributed by atoms with E-state index in [1.807, 2.05) is 6.07 Å². The van der Waals surface area contributed by atoms with Gasteiger partial charge >= 0.3 is 7.60 Å². The van der Waals surface area contributed by atoms with Crippen molar-refractivity contribution in [3.8, 4) is 11.6 Å². The molecule has 3 heterocycles. The average molecular weight is 559 g/mol. The van der Waals surface area contributed by atoms with Crippen LogP contribution in [0.25, 0.3) is 21.6 Å². The van der Waals surface area contributed by atoms with Gasteiger partial charge in [-0.1, -0.05) is 36.2 Å². The number of imidazole rings is 1. The molecule has 14 nitrogen and oxygen atoms in total. The summed E-state index contributed by atoms with van der Waals surface area (Å²) in [7, 11) is -2.40. The molecule has 1 aromatic carbocycles. The van der Waals surface area contributed by atoms with E-state index in [4.69, 9.17) is 24.3 Å². The highest BCUT2D eigenvalue weighted by Crippen LogP contribution is 2.57. The number of para-hydroxylation sites is 1. The fourth-order valence-electron chi connectivity index (χ4n) is 5.40. The van der Waals surface area contributed by atoms with Crippen LogP contribution in [0.3, 0.4) is 0 Å². The summed E-state index contributed by atoms with van der Waals surface area (Å²) in [6.07, 6.45) is 2.31. The lowest BCUT2D eigenvalue weighted by Crippen LogP contribution is -2.44. The number of aliphatic hydroxyl groups excluding tert-OH is 1. The highest BCUT2D eigenvalue weighted by Gasteiger charge is 2.58. The van der Waals surface area contributed by atoms with Crippen LogP contribution in [0.1, 0.15) is 38.8 Å². The molecule has 1 saturated carbocycles. The van der Waals surface area contributed by atoms with Gasteiger partial charge in [0.1, 0.15) is 23.5 Å². The number of hydrogen-bond acceptors (Lipinski definition) is 11.